The molecule has 0 saturated heterocycles. The van der Waals surface area contributed by atoms with E-state index in [4.69, 9.17) is 33.2 Å². The van der Waals surface area contributed by atoms with Crippen LogP contribution in [0.15, 0.2) is 66.7 Å². The summed E-state index contributed by atoms with van der Waals surface area (Å²) in [6, 6.07) is 19.4. The summed E-state index contributed by atoms with van der Waals surface area (Å²) in [6.07, 6.45) is 0. The summed E-state index contributed by atoms with van der Waals surface area (Å²) >= 11 is 12.5. The van der Waals surface area contributed by atoms with Gasteiger partial charge >= 0.3 is 0 Å². The van der Waals surface area contributed by atoms with Crippen LogP contribution in [-0.4, -0.2) is 19.5 Å². The Bertz CT molecular complexity index is 1360. The van der Waals surface area contributed by atoms with Crippen molar-refractivity contribution in [2.45, 2.75) is 0 Å². The lowest BCUT2D eigenvalue weighted by molar-refractivity contribution is 0.628. The van der Waals surface area contributed by atoms with Crippen molar-refractivity contribution in [1.29, 1.82) is 0 Å². The van der Waals surface area contributed by atoms with Gasteiger partial charge in [-0.2, -0.15) is 0 Å². The van der Waals surface area contributed by atoms with E-state index in [-0.39, 0.29) is 5.02 Å². The summed E-state index contributed by atoms with van der Waals surface area (Å²) in [6.45, 7) is 0. The zero-order chi connectivity index (χ0) is 19.3. The number of benzene rings is 3. The molecule has 5 aromatic rings. The predicted molar refractivity (Wildman–Crippen MR) is 110 cm³/mol. The lowest BCUT2D eigenvalue weighted by atomic mass is 10.2. The Balaban J connectivity index is 1.91. The summed E-state index contributed by atoms with van der Waals surface area (Å²) in [5.74, 6) is 0.0595. The van der Waals surface area contributed by atoms with E-state index >= 15 is 0 Å². The molecule has 0 bridgehead atoms. The molecule has 0 fully saturated rings. The number of imidazole rings is 1. The molecule has 0 spiro atoms. The minimum Gasteiger partial charge on any atom is -0.275 e. The first kappa shape index (κ1) is 17.1. The number of nitrogens with zero attached hydrogens (tertiary/aromatic N) is 4. The quantitative estimate of drug-likeness (QED) is 0.355. The molecule has 0 N–H and O–H groups in total. The zero-order valence-corrected chi connectivity index (χ0v) is 15.8. The van der Waals surface area contributed by atoms with Gasteiger partial charge in [0.1, 0.15) is 11.6 Å². The molecule has 136 valence electrons. The lowest BCUT2D eigenvalue weighted by Gasteiger charge is -2.10. The van der Waals surface area contributed by atoms with Crippen molar-refractivity contribution in [3.63, 3.8) is 0 Å². The fourth-order valence-corrected chi connectivity index (χ4v) is 3.54. The standard InChI is InChI=1S/C21H11Cl2FN4/c22-14-6-2-1-5-13(14)20-27-19-21(26-18-8-4-3-7-17(18)25-19)28(20)12-9-10-16(24)15(23)11-12/h1-11H. The van der Waals surface area contributed by atoms with Crippen molar-refractivity contribution in [3.05, 3.63) is 82.6 Å². The molecular weight excluding hydrogens is 398 g/mol. The minimum atomic E-state index is -0.495. The molecule has 0 unspecified atom stereocenters. The van der Waals surface area contributed by atoms with Gasteiger partial charge < -0.3 is 0 Å². The van der Waals surface area contributed by atoms with Gasteiger partial charge in [-0.25, -0.2) is 19.3 Å². The molecule has 0 aliphatic rings. The average molecular weight is 409 g/mol. The maximum Gasteiger partial charge on any atom is 0.199 e. The highest BCUT2D eigenvalue weighted by molar-refractivity contribution is 6.33. The van der Waals surface area contributed by atoms with Crippen LogP contribution in [0, 0.1) is 5.82 Å². The first-order valence-electron chi connectivity index (χ1n) is 8.47. The highest BCUT2D eigenvalue weighted by atomic mass is 35.5. The molecule has 0 amide bonds. The number of fused-ring (bicyclic) bond motifs is 2. The molecule has 3 aromatic carbocycles. The largest absolute Gasteiger partial charge is 0.275 e. The smallest absolute Gasteiger partial charge is 0.199 e. The Labute approximate surface area is 169 Å². The molecule has 0 radical (unpaired) electrons. The molecule has 28 heavy (non-hydrogen) atoms. The number of halogens is 3. The first-order valence-corrected chi connectivity index (χ1v) is 9.23. The number of para-hydroxylation sites is 2. The fourth-order valence-electron chi connectivity index (χ4n) is 3.15. The second-order valence-electron chi connectivity index (χ2n) is 6.21. The van der Waals surface area contributed by atoms with Crippen LogP contribution in [0.3, 0.4) is 0 Å². The molecule has 0 aliphatic heterocycles. The van der Waals surface area contributed by atoms with Gasteiger partial charge in [-0.05, 0) is 42.5 Å². The first-order chi connectivity index (χ1) is 13.6. The lowest BCUT2D eigenvalue weighted by Crippen LogP contribution is -2.00. The molecule has 2 aromatic heterocycles. The third-order valence-electron chi connectivity index (χ3n) is 4.45. The van der Waals surface area contributed by atoms with Gasteiger partial charge in [0.25, 0.3) is 0 Å². The van der Waals surface area contributed by atoms with E-state index in [2.05, 4.69) is 4.98 Å². The van der Waals surface area contributed by atoms with Crippen molar-refractivity contribution in [2.24, 2.45) is 0 Å². The van der Waals surface area contributed by atoms with E-state index in [0.717, 1.165) is 11.0 Å². The van der Waals surface area contributed by atoms with Crippen LogP contribution in [0.1, 0.15) is 0 Å². The van der Waals surface area contributed by atoms with Gasteiger partial charge in [-0.1, -0.05) is 47.5 Å². The Kier molecular flexibility index (Phi) is 4.00. The van der Waals surface area contributed by atoms with Crippen molar-refractivity contribution in [2.75, 3.05) is 0 Å². The van der Waals surface area contributed by atoms with Gasteiger partial charge in [-0.15, -0.1) is 0 Å². The predicted octanol–water partition coefficient (Wildman–Crippen LogP) is 6.08. The molecule has 7 heteroatoms. The molecule has 5 rings (SSSR count). The van der Waals surface area contributed by atoms with Crippen molar-refractivity contribution >= 4 is 45.5 Å². The van der Waals surface area contributed by atoms with Gasteiger partial charge in [0.2, 0.25) is 0 Å². The zero-order valence-electron chi connectivity index (χ0n) is 14.3. The fraction of sp³-hybridized carbons (Fsp3) is 0. The Hall–Kier alpha value is -3.02. The maximum absolute atomic E-state index is 13.7. The molecule has 2 heterocycles. The van der Waals surface area contributed by atoms with Gasteiger partial charge in [0, 0.05) is 5.56 Å². The second-order valence-corrected chi connectivity index (χ2v) is 7.02. The third-order valence-corrected chi connectivity index (χ3v) is 5.07. The molecule has 0 atom stereocenters. The number of rotatable bonds is 2. The SMILES string of the molecule is Fc1ccc(-n2c(-c3ccccc3Cl)nc3nc4ccccc4nc32)cc1Cl. The van der Waals surface area contributed by atoms with Crippen LogP contribution in [0.5, 0.6) is 0 Å². The minimum absolute atomic E-state index is 0.0122. The van der Waals surface area contributed by atoms with Crippen LogP contribution in [-0.2, 0) is 0 Å². The van der Waals surface area contributed by atoms with E-state index in [1.807, 2.05) is 42.5 Å². The maximum atomic E-state index is 13.7. The highest BCUT2D eigenvalue weighted by Gasteiger charge is 2.19. The monoisotopic (exact) mass is 408 g/mol. The van der Waals surface area contributed by atoms with Gasteiger partial charge in [0.05, 0.1) is 26.8 Å². The Morgan fingerprint density at radius 3 is 2.21 bits per heavy atom. The van der Waals surface area contributed by atoms with Crippen LogP contribution < -0.4 is 0 Å². The summed E-state index contributed by atoms with van der Waals surface area (Å²) in [5.41, 5.74) is 3.81. The molecule has 4 nitrogen and oxygen atoms in total. The van der Waals surface area contributed by atoms with Crippen LogP contribution in [0.25, 0.3) is 39.4 Å². The Morgan fingerprint density at radius 2 is 1.46 bits per heavy atom. The highest BCUT2D eigenvalue weighted by Crippen LogP contribution is 2.33. The average Bonchev–Trinajstić information content (AvgIpc) is 3.06. The number of aromatic nitrogens is 4. The number of hydrogen-bond donors (Lipinski definition) is 0. The van der Waals surface area contributed by atoms with E-state index in [9.17, 15) is 4.39 Å². The molecular formula is C21H11Cl2FN4. The van der Waals surface area contributed by atoms with Gasteiger partial charge in [0.15, 0.2) is 11.3 Å². The van der Waals surface area contributed by atoms with Crippen LogP contribution in [0.2, 0.25) is 10.0 Å². The van der Waals surface area contributed by atoms with Crippen LogP contribution in [0.4, 0.5) is 4.39 Å². The van der Waals surface area contributed by atoms with Crippen molar-refractivity contribution < 1.29 is 4.39 Å². The number of hydrogen-bond acceptors (Lipinski definition) is 3. The van der Waals surface area contributed by atoms with E-state index in [0.29, 0.717) is 33.4 Å². The molecule has 0 saturated carbocycles. The topological polar surface area (TPSA) is 43.6 Å². The normalized spacial score (nSPS) is 11.4. The van der Waals surface area contributed by atoms with E-state index in [1.165, 1.54) is 12.1 Å². The Morgan fingerprint density at radius 1 is 0.750 bits per heavy atom. The van der Waals surface area contributed by atoms with E-state index in [1.54, 1.807) is 16.7 Å². The summed E-state index contributed by atoms with van der Waals surface area (Å²) in [4.78, 5) is 14.1. The third kappa shape index (κ3) is 2.71. The molecule has 0 aliphatic carbocycles. The van der Waals surface area contributed by atoms with Crippen LogP contribution >= 0.6 is 23.2 Å². The second kappa shape index (κ2) is 6.55. The summed E-state index contributed by atoms with van der Waals surface area (Å²) in [5, 5.41) is 0.551. The summed E-state index contributed by atoms with van der Waals surface area (Å²) < 4.78 is 15.5. The van der Waals surface area contributed by atoms with Crippen molar-refractivity contribution in [1.82, 2.24) is 19.5 Å². The summed E-state index contributed by atoms with van der Waals surface area (Å²) in [7, 11) is 0. The van der Waals surface area contributed by atoms with Crippen molar-refractivity contribution in [3.8, 4) is 17.1 Å². The van der Waals surface area contributed by atoms with Gasteiger partial charge in [-0.3, -0.25) is 4.57 Å². The van der Waals surface area contributed by atoms with E-state index < -0.39 is 5.82 Å².